The molecule has 1 heterocycles. The van der Waals surface area contributed by atoms with Crippen molar-refractivity contribution in [2.45, 2.75) is 32.7 Å². The Balaban J connectivity index is 0.00000240. The molecular formula is C23H27ClN2O3. The van der Waals surface area contributed by atoms with Crippen molar-refractivity contribution < 1.29 is 32.0 Å². The summed E-state index contributed by atoms with van der Waals surface area (Å²) in [5.41, 5.74) is 5.01. The average Bonchev–Trinajstić information content (AvgIpc) is 2.82. The minimum Gasteiger partial charge on any atom is -1.00 e. The first-order valence-corrected chi connectivity index (χ1v) is 9.54. The Morgan fingerprint density at radius 2 is 1.76 bits per heavy atom. The van der Waals surface area contributed by atoms with Gasteiger partial charge >= 0.3 is 0 Å². The van der Waals surface area contributed by atoms with Crippen molar-refractivity contribution in [3.8, 4) is 11.5 Å². The number of para-hydroxylation sites is 2. The van der Waals surface area contributed by atoms with Gasteiger partial charge in [-0.05, 0) is 29.2 Å². The molecule has 1 atom stereocenters. The fraction of sp³-hybridized carbons (Fsp3) is 0.348. The maximum Gasteiger partial charge on any atom is 0.227 e. The first-order valence-electron chi connectivity index (χ1n) is 9.54. The van der Waals surface area contributed by atoms with Crippen molar-refractivity contribution in [3.63, 3.8) is 0 Å². The number of halogens is 1. The van der Waals surface area contributed by atoms with E-state index in [-0.39, 0.29) is 23.9 Å². The van der Waals surface area contributed by atoms with Gasteiger partial charge in [-0.3, -0.25) is 0 Å². The van der Waals surface area contributed by atoms with Crippen LogP contribution in [0.5, 0.6) is 11.5 Å². The van der Waals surface area contributed by atoms with Crippen molar-refractivity contribution in [2.75, 3.05) is 19.5 Å². The summed E-state index contributed by atoms with van der Waals surface area (Å²) in [7, 11) is 3.27. The molecule has 29 heavy (non-hydrogen) atoms. The van der Waals surface area contributed by atoms with E-state index in [2.05, 4.69) is 36.3 Å². The molecule has 0 saturated carbocycles. The zero-order valence-corrected chi connectivity index (χ0v) is 17.9. The smallest absolute Gasteiger partial charge is 0.227 e. The molecule has 0 saturated heterocycles. The van der Waals surface area contributed by atoms with Crippen molar-refractivity contribution in [2.24, 2.45) is 5.41 Å². The quantitative estimate of drug-likeness (QED) is 0.690. The summed E-state index contributed by atoms with van der Waals surface area (Å²) < 4.78 is 10.9. The Hall–Kier alpha value is -2.66. The van der Waals surface area contributed by atoms with Crippen LogP contribution >= 0.6 is 0 Å². The van der Waals surface area contributed by atoms with Crippen LogP contribution in [-0.4, -0.2) is 25.0 Å². The molecule has 3 N–H and O–H groups in total. The number of fused-ring (bicyclic) bond motifs is 2. The Kier molecular flexibility index (Phi) is 5.80. The second kappa shape index (κ2) is 7.99. The predicted molar refractivity (Wildman–Crippen MR) is 111 cm³/mol. The number of hydrogen-bond donors (Lipinski definition) is 3. The van der Waals surface area contributed by atoms with Gasteiger partial charge in [-0.25, -0.2) is 4.99 Å². The molecule has 0 fully saturated rings. The van der Waals surface area contributed by atoms with Crippen LogP contribution in [0.15, 0.2) is 53.8 Å². The van der Waals surface area contributed by atoms with E-state index in [4.69, 9.17) is 9.47 Å². The molecule has 4 rings (SSSR count). The number of methoxy groups -OCH3 is 2. The number of ether oxygens (including phenoxy) is 2. The molecule has 1 unspecified atom stereocenters. The van der Waals surface area contributed by atoms with Crippen LogP contribution in [-0.2, 0) is 0 Å². The van der Waals surface area contributed by atoms with Gasteiger partial charge in [-0.1, -0.05) is 32.0 Å². The highest BCUT2D eigenvalue weighted by atomic mass is 35.5. The number of anilines is 1. The number of rotatable bonds is 3. The SMILES string of the molecule is COc1ccc(C2Nc3ccccc3[NH+]=C3CC(C)(C)CC(O)=C32)cc1OC.[Cl-]. The molecule has 0 bridgehead atoms. The molecule has 5 nitrogen and oxygen atoms in total. The van der Waals surface area contributed by atoms with E-state index in [1.54, 1.807) is 14.2 Å². The molecule has 2 aromatic carbocycles. The van der Waals surface area contributed by atoms with Gasteiger partial charge in [0.1, 0.15) is 11.4 Å². The Morgan fingerprint density at radius 3 is 2.48 bits per heavy atom. The van der Waals surface area contributed by atoms with Crippen molar-refractivity contribution in [1.29, 1.82) is 0 Å². The molecule has 0 amide bonds. The number of hydrogen-bond acceptors (Lipinski definition) is 4. The summed E-state index contributed by atoms with van der Waals surface area (Å²) in [6, 6.07) is 13.8. The van der Waals surface area contributed by atoms with E-state index in [1.807, 2.05) is 30.3 Å². The van der Waals surface area contributed by atoms with Gasteiger partial charge in [0, 0.05) is 18.9 Å². The molecule has 0 radical (unpaired) electrons. The standard InChI is InChI=1S/C23H26N2O3.ClH/c1-23(2)12-17-21(18(26)13-23)22(25-16-8-6-5-7-15(16)24-17)14-9-10-19(27-3)20(11-14)28-4;/h5-11,22,25-26H,12-13H2,1-4H3;1H. The first kappa shape index (κ1) is 21.1. The fourth-order valence-electron chi connectivity index (χ4n) is 4.20. The van der Waals surface area contributed by atoms with Gasteiger partial charge < -0.3 is 32.3 Å². The number of allylic oxidation sites excluding steroid dienone is 1. The summed E-state index contributed by atoms with van der Waals surface area (Å²) >= 11 is 0. The summed E-state index contributed by atoms with van der Waals surface area (Å²) in [5.74, 6) is 1.79. The Labute approximate surface area is 177 Å². The maximum atomic E-state index is 11.0. The molecule has 0 spiro atoms. The molecule has 2 aromatic rings. The summed E-state index contributed by atoms with van der Waals surface area (Å²) in [6.45, 7) is 4.37. The van der Waals surface area contributed by atoms with Crippen LogP contribution < -0.4 is 32.2 Å². The lowest BCUT2D eigenvalue weighted by Gasteiger charge is -2.32. The highest BCUT2D eigenvalue weighted by molar-refractivity contribution is 6.01. The molecule has 154 valence electrons. The van der Waals surface area contributed by atoms with E-state index < -0.39 is 0 Å². The summed E-state index contributed by atoms with van der Waals surface area (Å²) in [6.07, 6.45) is 1.52. The zero-order valence-electron chi connectivity index (χ0n) is 17.2. The van der Waals surface area contributed by atoms with Gasteiger partial charge in [0.05, 0.1) is 25.8 Å². The third kappa shape index (κ3) is 3.92. The second-order valence-electron chi connectivity index (χ2n) is 8.22. The lowest BCUT2D eigenvalue weighted by Crippen LogP contribution is -3.00. The van der Waals surface area contributed by atoms with Crippen LogP contribution in [0.4, 0.5) is 11.4 Å². The largest absolute Gasteiger partial charge is 1.00 e. The number of nitrogens with one attached hydrogen (secondary N) is 2. The van der Waals surface area contributed by atoms with Crippen molar-refractivity contribution >= 4 is 17.1 Å². The van der Waals surface area contributed by atoms with Gasteiger partial charge in [-0.2, -0.15) is 0 Å². The molecule has 6 heteroatoms. The second-order valence-corrected chi connectivity index (χ2v) is 8.22. The highest BCUT2D eigenvalue weighted by Gasteiger charge is 2.41. The van der Waals surface area contributed by atoms with Gasteiger partial charge in [0.25, 0.3) is 0 Å². The number of benzene rings is 2. The van der Waals surface area contributed by atoms with Crippen molar-refractivity contribution in [1.82, 2.24) is 0 Å². The predicted octanol–water partition coefficient (Wildman–Crippen LogP) is 0.660. The minimum absolute atomic E-state index is 0. The topological polar surface area (TPSA) is 64.7 Å². The zero-order chi connectivity index (χ0) is 19.9. The van der Waals surface area contributed by atoms with Gasteiger partial charge in [0.2, 0.25) is 5.69 Å². The summed E-state index contributed by atoms with van der Waals surface area (Å²) in [5, 5.41) is 14.6. The van der Waals surface area contributed by atoms with Crippen LogP contribution in [0.3, 0.4) is 0 Å². The number of aliphatic hydroxyl groups excluding tert-OH is 1. The van der Waals surface area contributed by atoms with Crippen molar-refractivity contribution in [3.05, 3.63) is 59.4 Å². The third-order valence-corrected chi connectivity index (χ3v) is 5.48. The molecular weight excluding hydrogens is 388 g/mol. The Bertz CT molecular complexity index is 982. The third-order valence-electron chi connectivity index (χ3n) is 5.48. The molecule has 1 aliphatic heterocycles. The minimum atomic E-state index is -0.193. The first-order chi connectivity index (χ1) is 13.4. The lowest BCUT2D eigenvalue weighted by atomic mass is 9.74. The fourth-order valence-corrected chi connectivity index (χ4v) is 4.20. The van der Waals surface area contributed by atoms with Gasteiger partial charge in [-0.15, -0.1) is 0 Å². The molecule has 1 aliphatic carbocycles. The van der Waals surface area contributed by atoms with E-state index in [0.717, 1.165) is 34.6 Å². The monoisotopic (exact) mass is 414 g/mol. The highest BCUT2D eigenvalue weighted by Crippen LogP contribution is 2.43. The van der Waals surface area contributed by atoms with E-state index in [1.165, 1.54) is 0 Å². The Morgan fingerprint density at radius 1 is 1.03 bits per heavy atom. The summed E-state index contributed by atoms with van der Waals surface area (Å²) in [4.78, 5) is 3.58. The lowest BCUT2D eigenvalue weighted by molar-refractivity contribution is -0.354. The average molecular weight is 415 g/mol. The maximum absolute atomic E-state index is 11.0. The van der Waals surface area contributed by atoms with Crippen LogP contribution in [0.2, 0.25) is 0 Å². The molecule has 0 aromatic heterocycles. The van der Waals surface area contributed by atoms with Crippen LogP contribution in [0.25, 0.3) is 0 Å². The molecule has 2 aliphatic rings. The van der Waals surface area contributed by atoms with E-state index in [9.17, 15) is 5.11 Å². The van der Waals surface area contributed by atoms with Crippen LogP contribution in [0.1, 0.15) is 38.3 Å². The van der Waals surface area contributed by atoms with Gasteiger partial charge in [0.15, 0.2) is 17.2 Å². The van der Waals surface area contributed by atoms with Crippen LogP contribution in [0, 0.1) is 5.41 Å². The van der Waals surface area contributed by atoms with E-state index in [0.29, 0.717) is 23.7 Å². The number of aliphatic hydroxyl groups is 1. The normalized spacial score (nSPS) is 19.6. The van der Waals surface area contributed by atoms with E-state index >= 15 is 0 Å².